The minimum Gasteiger partial charge on any atom is -0.308 e. The molecule has 0 spiro atoms. The Morgan fingerprint density at radius 2 is 2.14 bits per heavy atom. The fourth-order valence-electron chi connectivity index (χ4n) is 1.32. The Morgan fingerprint density at radius 3 is 2.71 bits per heavy atom. The van der Waals surface area contributed by atoms with Gasteiger partial charge < -0.3 is 5.32 Å². The molecule has 78 valence electrons. The van der Waals surface area contributed by atoms with Crippen molar-refractivity contribution < 1.29 is 0 Å². The average molecular weight is 192 g/mol. The Kier molecular flexibility index (Phi) is 4.60. The lowest BCUT2D eigenvalue weighted by atomic mass is 10.0. The Hall–Kier alpha value is -0.890. The molecule has 2 atom stereocenters. The van der Waals surface area contributed by atoms with Crippen LogP contribution in [-0.2, 0) is 6.54 Å². The van der Waals surface area contributed by atoms with Crippen molar-refractivity contribution in [2.24, 2.45) is 5.92 Å². The number of nitrogens with one attached hydrogen (secondary N) is 1. The van der Waals surface area contributed by atoms with Gasteiger partial charge >= 0.3 is 0 Å². The molecule has 0 saturated carbocycles. The molecule has 0 unspecified atom stereocenters. The molecule has 1 aromatic rings. The van der Waals surface area contributed by atoms with Crippen LogP contribution < -0.4 is 5.32 Å². The summed E-state index contributed by atoms with van der Waals surface area (Å²) in [5.41, 5.74) is 1.11. The van der Waals surface area contributed by atoms with Crippen molar-refractivity contribution in [3.63, 3.8) is 0 Å². The van der Waals surface area contributed by atoms with Gasteiger partial charge in [-0.1, -0.05) is 26.3 Å². The molecule has 2 heteroatoms. The Bertz CT molecular complexity index is 246. The molecular weight excluding hydrogens is 172 g/mol. The van der Waals surface area contributed by atoms with Gasteiger partial charge in [0.1, 0.15) is 0 Å². The summed E-state index contributed by atoms with van der Waals surface area (Å²) in [6.07, 6.45) is 3.06. The van der Waals surface area contributed by atoms with Gasteiger partial charge in [0.25, 0.3) is 0 Å². The first-order valence-electron chi connectivity index (χ1n) is 5.37. The minimum absolute atomic E-state index is 0.557. The lowest BCUT2D eigenvalue weighted by molar-refractivity contribution is 0.388. The molecule has 0 radical (unpaired) electrons. The summed E-state index contributed by atoms with van der Waals surface area (Å²) in [6.45, 7) is 7.60. The maximum Gasteiger partial charge on any atom is 0.0541 e. The fraction of sp³-hybridized carbons (Fsp3) is 0.583. The number of hydrogen-bond donors (Lipinski definition) is 1. The van der Waals surface area contributed by atoms with Crippen LogP contribution >= 0.6 is 0 Å². The Morgan fingerprint density at radius 1 is 1.36 bits per heavy atom. The van der Waals surface area contributed by atoms with Crippen LogP contribution in [0.15, 0.2) is 24.4 Å². The molecule has 0 aliphatic carbocycles. The lowest BCUT2D eigenvalue weighted by Gasteiger charge is -2.19. The molecule has 0 fully saturated rings. The number of aromatic nitrogens is 1. The molecule has 0 amide bonds. The van der Waals surface area contributed by atoms with Gasteiger partial charge in [-0.2, -0.15) is 0 Å². The summed E-state index contributed by atoms with van der Waals surface area (Å²) in [5.74, 6) is 0.721. The SMILES string of the molecule is CC[C@@H](C)[C@H](C)NCc1ccccn1. The van der Waals surface area contributed by atoms with Gasteiger partial charge in [-0.05, 0) is 25.0 Å². The molecule has 0 bridgehead atoms. The maximum atomic E-state index is 4.27. The van der Waals surface area contributed by atoms with Crippen molar-refractivity contribution in [3.8, 4) is 0 Å². The number of pyridine rings is 1. The minimum atomic E-state index is 0.557. The largest absolute Gasteiger partial charge is 0.308 e. The van der Waals surface area contributed by atoms with Crippen LogP contribution in [0.25, 0.3) is 0 Å². The van der Waals surface area contributed by atoms with Gasteiger partial charge in [-0.25, -0.2) is 0 Å². The third-order valence-electron chi connectivity index (χ3n) is 2.83. The summed E-state index contributed by atoms with van der Waals surface area (Å²) in [5, 5.41) is 3.49. The molecule has 1 rings (SSSR count). The van der Waals surface area contributed by atoms with E-state index in [-0.39, 0.29) is 0 Å². The molecule has 0 saturated heterocycles. The average Bonchev–Trinajstić information content (AvgIpc) is 2.26. The molecule has 2 nitrogen and oxygen atoms in total. The monoisotopic (exact) mass is 192 g/mol. The highest BCUT2D eigenvalue weighted by Gasteiger charge is 2.08. The van der Waals surface area contributed by atoms with Crippen LogP contribution in [0.5, 0.6) is 0 Å². The van der Waals surface area contributed by atoms with E-state index >= 15 is 0 Å². The Labute approximate surface area is 86.8 Å². The highest BCUT2D eigenvalue weighted by atomic mass is 14.9. The summed E-state index contributed by atoms with van der Waals surface area (Å²) in [6, 6.07) is 6.58. The molecule has 1 N–H and O–H groups in total. The fourth-order valence-corrected chi connectivity index (χ4v) is 1.32. The summed E-state index contributed by atoms with van der Waals surface area (Å²) in [7, 11) is 0. The van der Waals surface area contributed by atoms with Crippen LogP contribution in [-0.4, -0.2) is 11.0 Å². The van der Waals surface area contributed by atoms with Crippen molar-refractivity contribution >= 4 is 0 Å². The second kappa shape index (κ2) is 5.76. The predicted octanol–water partition coefficient (Wildman–Crippen LogP) is 2.61. The quantitative estimate of drug-likeness (QED) is 0.775. The molecule has 0 aromatic carbocycles. The standard InChI is InChI=1S/C12H20N2/c1-4-10(2)11(3)14-9-12-7-5-6-8-13-12/h5-8,10-11,14H,4,9H2,1-3H3/t10-,11+/m1/s1. The van der Waals surface area contributed by atoms with Gasteiger partial charge in [-0.3, -0.25) is 4.98 Å². The molecule has 1 aromatic heterocycles. The van der Waals surface area contributed by atoms with Crippen molar-refractivity contribution in [2.45, 2.75) is 39.8 Å². The second-order valence-electron chi connectivity index (χ2n) is 3.88. The van der Waals surface area contributed by atoms with Gasteiger partial charge in [0.2, 0.25) is 0 Å². The Balaban J connectivity index is 2.34. The van der Waals surface area contributed by atoms with Gasteiger partial charge in [0.15, 0.2) is 0 Å². The molecule has 0 aliphatic heterocycles. The van der Waals surface area contributed by atoms with Gasteiger partial charge in [-0.15, -0.1) is 0 Å². The highest BCUT2D eigenvalue weighted by molar-refractivity contribution is 5.03. The zero-order chi connectivity index (χ0) is 10.4. The summed E-state index contributed by atoms with van der Waals surface area (Å²) < 4.78 is 0. The third kappa shape index (κ3) is 3.46. The maximum absolute atomic E-state index is 4.27. The summed E-state index contributed by atoms with van der Waals surface area (Å²) in [4.78, 5) is 4.27. The van der Waals surface area contributed by atoms with E-state index in [0.717, 1.165) is 18.2 Å². The normalized spacial score (nSPS) is 15.1. The van der Waals surface area contributed by atoms with Crippen LogP contribution in [0.3, 0.4) is 0 Å². The zero-order valence-corrected chi connectivity index (χ0v) is 9.33. The first kappa shape index (κ1) is 11.2. The highest BCUT2D eigenvalue weighted by Crippen LogP contribution is 2.07. The first-order chi connectivity index (χ1) is 6.74. The molecule has 0 aliphatic rings. The van der Waals surface area contributed by atoms with E-state index in [9.17, 15) is 0 Å². The van der Waals surface area contributed by atoms with Gasteiger partial charge in [0, 0.05) is 18.8 Å². The van der Waals surface area contributed by atoms with Crippen molar-refractivity contribution in [3.05, 3.63) is 30.1 Å². The first-order valence-corrected chi connectivity index (χ1v) is 5.37. The lowest BCUT2D eigenvalue weighted by Crippen LogP contribution is -2.31. The zero-order valence-electron chi connectivity index (χ0n) is 9.33. The number of hydrogen-bond acceptors (Lipinski definition) is 2. The molecule has 1 heterocycles. The van der Waals surface area contributed by atoms with Gasteiger partial charge in [0.05, 0.1) is 5.69 Å². The van der Waals surface area contributed by atoms with E-state index < -0.39 is 0 Å². The van der Waals surface area contributed by atoms with E-state index in [1.807, 2.05) is 18.3 Å². The van der Waals surface area contributed by atoms with Crippen LogP contribution in [0.1, 0.15) is 32.9 Å². The van der Waals surface area contributed by atoms with Crippen LogP contribution in [0, 0.1) is 5.92 Å². The van der Waals surface area contributed by atoms with Crippen molar-refractivity contribution in [2.75, 3.05) is 0 Å². The third-order valence-corrected chi connectivity index (χ3v) is 2.83. The van der Waals surface area contributed by atoms with Crippen molar-refractivity contribution in [1.29, 1.82) is 0 Å². The topological polar surface area (TPSA) is 24.9 Å². The second-order valence-corrected chi connectivity index (χ2v) is 3.88. The predicted molar refractivity (Wildman–Crippen MR) is 60.0 cm³/mol. The smallest absolute Gasteiger partial charge is 0.0541 e. The van der Waals surface area contributed by atoms with E-state index in [2.05, 4.69) is 37.1 Å². The number of nitrogens with zero attached hydrogens (tertiary/aromatic N) is 1. The van der Waals surface area contributed by atoms with E-state index in [4.69, 9.17) is 0 Å². The van der Waals surface area contributed by atoms with Crippen LogP contribution in [0.4, 0.5) is 0 Å². The van der Waals surface area contributed by atoms with E-state index in [1.165, 1.54) is 6.42 Å². The van der Waals surface area contributed by atoms with E-state index in [0.29, 0.717) is 6.04 Å². The molecular formula is C12H20N2. The molecule has 14 heavy (non-hydrogen) atoms. The van der Waals surface area contributed by atoms with E-state index in [1.54, 1.807) is 0 Å². The van der Waals surface area contributed by atoms with Crippen LogP contribution in [0.2, 0.25) is 0 Å². The summed E-state index contributed by atoms with van der Waals surface area (Å²) >= 11 is 0. The van der Waals surface area contributed by atoms with Crippen molar-refractivity contribution in [1.82, 2.24) is 10.3 Å². The number of rotatable bonds is 5.